The lowest BCUT2D eigenvalue weighted by Gasteiger charge is -2.10. The van der Waals surface area contributed by atoms with Crippen molar-refractivity contribution in [2.75, 3.05) is 0 Å². The molecular formula is C17H13F2N5O. The number of benzene rings is 1. The second kappa shape index (κ2) is 5.73. The number of aromatic nitrogens is 5. The van der Waals surface area contributed by atoms with Gasteiger partial charge in [0.25, 0.3) is 0 Å². The lowest BCUT2D eigenvalue weighted by Crippen LogP contribution is -2.12. The molecule has 0 amide bonds. The summed E-state index contributed by atoms with van der Waals surface area (Å²) in [6.45, 7) is 2.20. The van der Waals surface area contributed by atoms with E-state index in [1.165, 1.54) is 12.1 Å². The van der Waals surface area contributed by atoms with Crippen molar-refractivity contribution in [2.45, 2.75) is 19.9 Å². The number of hydrogen-bond acceptors (Lipinski definition) is 4. The molecule has 0 atom stereocenters. The summed E-state index contributed by atoms with van der Waals surface area (Å²) in [6.07, 6.45) is 3.76. The van der Waals surface area contributed by atoms with E-state index in [0.29, 0.717) is 28.7 Å². The zero-order valence-electron chi connectivity index (χ0n) is 13.3. The van der Waals surface area contributed by atoms with Crippen molar-refractivity contribution in [1.82, 2.24) is 24.5 Å². The summed E-state index contributed by atoms with van der Waals surface area (Å²) in [5.41, 5.74) is 0.995. The van der Waals surface area contributed by atoms with Gasteiger partial charge in [-0.1, -0.05) is 6.92 Å². The fourth-order valence-electron chi connectivity index (χ4n) is 2.97. The fraction of sp³-hybridized carbons (Fsp3) is 0.176. The smallest absolute Gasteiger partial charge is 0.248 e. The normalized spacial score (nSPS) is 11.5. The summed E-state index contributed by atoms with van der Waals surface area (Å²) >= 11 is 0. The van der Waals surface area contributed by atoms with Crippen LogP contribution in [0.25, 0.3) is 22.2 Å². The first-order valence-electron chi connectivity index (χ1n) is 7.74. The SMILES string of the molecule is CCc1nc2nccnc2n1Cc1cc(=O)[nH]c2c(F)c(F)ccc12. The molecule has 0 radical (unpaired) electrons. The maximum atomic E-state index is 14.0. The highest BCUT2D eigenvalue weighted by Crippen LogP contribution is 2.23. The van der Waals surface area contributed by atoms with Crippen LogP contribution >= 0.6 is 0 Å². The van der Waals surface area contributed by atoms with Crippen LogP contribution in [0.4, 0.5) is 8.78 Å². The van der Waals surface area contributed by atoms with Crippen LogP contribution in [0.5, 0.6) is 0 Å². The number of pyridine rings is 1. The number of imidazole rings is 1. The van der Waals surface area contributed by atoms with Crippen molar-refractivity contribution in [3.63, 3.8) is 0 Å². The quantitative estimate of drug-likeness (QED) is 0.621. The number of aryl methyl sites for hydroxylation is 1. The van der Waals surface area contributed by atoms with E-state index in [1.54, 1.807) is 12.4 Å². The van der Waals surface area contributed by atoms with Crippen molar-refractivity contribution in [2.24, 2.45) is 0 Å². The van der Waals surface area contributed by atoms with Crippen LogP contribution in [-0.4, -0.2) is 24.5 Å². The number of nitrogens with zero attached hydrogens (tertiary/aromatic N) is 4. The summed E-state index contributed by atoms with van der Waals surface area (Å²) in [4.78, 5) is 27.2. The fourth-order valence-corrected chi connectivity index (χ4v) is 2.97. The highest BCUT2D eigenvalue weighted by atomic mass is 19.2. The minimum Gasteiger partial charge on any atom is -0.319 e. The first-order valence-corrected chi connectivity index (χ1v) is 7.74. The molecule has 1 N–H and O–H groups in total. The van der Waals surface area contributed by atoms with Crippen molar-refractivity contribution in [3.8, 4) is 0 Å². The van der Waals surface area contributed by atoms with Gasteiger partial charge in [0, 0.05) is 30.3 Å². The van der Waals surface area contributed by atoms with E-state index in [1.807, 2.05) is 11.5 Å². The monoisotopic (exact) mass is 341 g/mol. The molecular weight excluding hydrogens is 328 g/mol. The van der Waals surface area contributed by atoms with Gasteiger partial charge >= 0.3 is 0 Å². The number of H-pyrrole nitrogens is 1. The molecule has 3 heterocycles. The van der Waals surface area contributed by atoms with E-state index in [0.717, 1.165) is 11.9 Å². The molecule has 4 aromatic rings. The number of fused-ring (bicyclic) bond motifs is 2. The Kier molecular flexibility index (Phi) is 3.52. The molecule has 4 rings (SSSR count). The topological polar surface area (TPSA) is 76.5 Å². The highest BCUT2D eigenvalue weighted by molar-refractivity contribution is 5.82. The summed E-state index contributed by atoms with van der Waals surface area (Å²) in [7, 11) is 0. The average molecular weight is 341 g/mol. The second-order valence-electron chi connectivity index (χ2n) is 5.61. The van der Waals surface area contributed by atoms with E-state index >= 15 is 0 Å². The van der Waals surface area contributed by atoms with E-state index < -0.39 is 17.2 Å². The molecule has 0 bridgehead atoms. The molecule has 8 heteroatoms. The molecule has 0 unspecified atom stereocenters. The third-order valence-electron chi connectivity index (χ3n) is 4.10. The molecule has 0 saturated heterocycles. The predicted octanol–water partition coefficient (Wildman–Crippen LogP) is 2.56. The molecule has 0 saturated carbocycles. The minimum atomic E-state index is -1.07. The van der Waals surface area contributed by atoms with Crippen LogP contribution in [0.3, 0.4) is 0 Å². The molecule has 0 aliphatic rings. The van der Waals surface area contributed by atoms with E-state index in [2.05, 4.69) is 19.9 Å². The number of hydrogen-bond donors (Lipinski definition) is 1. The Morgan fingerprint density at radius 3 is 2.80 bits per heavy atom. The van der Waals surface area contributed by atoms with Gasteiger partial charge in [0.1, 0.15) is 5.82 Å². The van der Waals surface area contributed by atoms with Gasteiger partial charge in [-0.05, 0) is 17.7 Å². The van der Waals surface area contributed by atoms with Gasteiger partial charge in [0.15, 0.2) is 22.9 Å². The number of nitrogens with one attached hydrogen (secondary N) is 1. The summed E-state index contributed by atoms with van der Waals surface area (Å²) in [5.74, 6) is -1.33. The van der Waals surface area contributed by atoms with Crippen molar-refractivity contribution in [1.29, 1.82) is 0 Å². The van der Waals surface area contributed by atoms with Gasteiger partial charge < -0.3 is 9.55 Å². The third kappa shape index (κ3) is 2.46. The van der Waals surface area contributed by atoms with Crippen LogP contribution in [0.1, 0.15) is 18.3 Å². The van der Waals surface area contributed by atoms with E-state index in [4.69, 9.17) is 0 Å². The number of halogens is 2. The summed E-state index contributed by atoms with van der Waals surface area (Å²) in [6, 6.07) is 3.88. The molecule has 25 heavy (non-hydrogen) atoms. The van der Waals surface area contributed by atoms with Crippen molar-refractivity contribution in [3.05, 3.63) is 64.0 Å². The van der Waals surface area contributed by atoms with Crippen LogP contribution in [-0.2, 0) is 13.0 Å². The summed E-state index contributed by atoms with van der Waals surface area (Å²) in [5, 5.41) is 0.436. The minimum absolute atomic E-state index is 0.143. The Morgan fingerprint density at radius 1 is 1.20 bits per heavy atom. The Morgan fingerprint density at radius 2 is 2.00 bits per heavy atom. The van der Waals surface area contributed by atoms with Crippen LogP contribution in [0.2, 0.25) is 0 Å². The van der Waals surface area contributed by atoms with Crippen LogP contribution in [0.15, 0.2) is 35.4 Å². The van der Waals surface area contributed by atoms with Gasteiger partial charge in [0.05, 0.1) is 12.1 Å². The van der Waals surface area contributed by atoms with Crippen molar-refractivity contribution >= 4 is 22.2 Å². The molecule has 0 aliphatic heterocycles. The molecule has 3 aromatic heterocycles. The summed E-state index contributed by atoms with van der Waals surface area (Å²) < 4.78 is 29.4. The van der Waals surface area contributed by atoms with Gasteiger partial charge in [-0.2, -0.15) is 0 Å². The molecule has 126 valence electrons. The molecule has 0 fully saturated rings. The van der Waals surface area contributed by atoms with Gasteiger partial charge in [-0.3, -0.25) is 4.79 Å². The first-order chi connectivity index (χ1) is 12.1. The highest BCUT2D eigenvalue weighted by Gasteiger charge is 2.16. The Bertz CT molecular complexity index is 1170. The second-order valence-corrected chi connectivity index (χ2v) is 5.61. The first kappa shape index (κ1) is 15.4. The van der Waals surface area contributed by atoms with Gasteiger partial charge in [-0.15, -0.1) is 0 Å². The van der Waals surface area contributed by atoms with Gasteiger partial charge in [-0.25, -0.2) is 23.7 Å². The Balaban J connectivity index is 1.95. The zero-order chi connectivity index (χ0) is 17.6. The molecule has 0 aliphatic carbocycles. The lowest BCUT2D eigenvalue weighted by atomic mass is 10.1. The van der Waals surface area contributed by atoms with E-state index in [9.17, 15) is 13.6 Å². The van der Waals surface area contributed by atoms with Gasteiger partial charge in [0.2, 0.25) is 5.56 Å². The molecule has 0 spiro atoms. The Hall–Kier alpha value is -3.16. The maximum absolute atomic E-state index is 14.0. The standard InChI is InChI=1S/C17H13F2N5O/c1-2-12-22-16-17(21-6-5-20-16)24(12)8-9-7-13(25)23-15-10(9)3-4-11(18)14(15)19/h3-7H,2,8H2,1H3,(H,23,25). The van der Waals surface area contributed by atoms with E-state index in [-0.39, 0.29) is 12.1 Å². The number of aromatic amines is 1. The lowest BCUT2D eigenvalue weighted by molar-refractivity contribution is 0.515. The van der Waals surface area contributed by atoms with Crippen molar-refractivity contribution < 1.29 is 8.78 Å². The van der Waals surface area contributed by atoms with Crippen LogP contribution in [0, 0.1) is 11.6 Å². The predicted molar refractivity (Wildman–Crippen MR) is 88.3 cm³/mol. The zero-order valence-corrected chi connectivity index (χ0v) is 13.3. The number of rotatable bonds is 3. The Labute approximate surface area is 140 Å². The molecule has 1 aromatic carbocycles. The average Bonchev–Trinajstić information content (AvgIpc) is 2.96. The largest absolute Gasteiger partial charge is 0.319 e. The van der Waals surface area contributed by atoms with Crippen LogP contribution < -0.4 is 5.56 Å². The maximum Gasteiger partial charge on any atom is 0.248 e. The third-order valence-corrected chi connectivity index (χ3v) is 4.10. The molecule has 6 nitrogen and oxygen atoms in total.